The van der Waals surface area contributed by atoms with Gasteiger partial charge in [0.25, 0.3) is 0 Å². The lowest BCUT2D eigenvalue weighted by molar-refractivity contribution is -0.126. The van der Waals surface area contributed by atoms with Crippen LogP contribution in [0.15, 0.2) is 0 Å². The Kier molecular flexibility index (Phi) is 5.15. The highest BCUT2D eigenvalue weighted by Gasteiger charge is 2.34. The zero-order valence-corrected chi connectivity index (χ0v) is 10.8. The minimum Gasteiger partial charge on any atom is -0.393 e. The predicted octanol–water partition coefficient (Wildman–Crippen LogP) is 0.652. The fourth-order valence-electron chi connectivity index (χ4n) is 1.81. The van der Waals surface area contributed by atoms with Crippen molar-refractivity contribution in [3.05, 3.63) is 0 Å². The molecule has 0 saturated heterocycles. The van der Waals surface area contributed by atoms with Crippen LogP contribution in [0.3, 0.4) is 0 Å². The van der Waals surface area contributed by atoms with Crippen molar-refractivity contribution >= 4 is 23.1 Å². The summed E-state index contributed by atoms with van der Waals surface area (Å²) in [5, 5.41) is 2.85. The van der Waals surface area contributed by atoms with Gasteiger partial charge in [0.15, 0.2) is 0 Å². The number of carbonyl (C=O) groups excluding carboxylic acids is 1. The number of hydrogen-bond acceptors (Lipinski definition) is 3. The molecule has 1 atom stereocenters. The number of carbonyl (C=O) groups is 1. The van der Waals surface area contributed by atoms with Crippen LogP contribution in [-0.4, -0.2) is 41.0 Å². The Morgan fingerprint density at radius 1 is 1.62 bits per heavy atom. The Morgan fingerprint density at radius 3 is 2.69 bits per heavy atom. The molecule has 0 bridgehead atoms. The highest BCUT2D eigenvalue weighted by atomic mass is 32.1. The van der Waals surface area contributed by atoms with Crippen molar-refractivity contribution in [2.24, 2.45) is 5.73 Å². The number of thiocarbonyl (C=S) groups is 1. The molecule has 1 amide bonds. The van der Waals surface area contributed by atoms with E-state index in [1.54, 1.807) is 0 Å². The van der Waals surface area contributed by atoms with E-state index in [1.807, 2.05) is 13.8 Å². The van der Waals surface area contributed by atoms with Crippen molar-refractivity contribution < 1.29 is 4.79 Å². The molecule has 4 nitrogen and oxygen atoms in total. The molecule has 1 rings (SSSR count). The van der Waals surface area contributed by atoms with Crippen LogP contribution in [0, 0.1) is 0 Å². The van der Waals surface area contributed by atoms with Gasteiger partial charge in [-0.1, -0.05) is 12.2 Å². The number of nitrogens with zero attached hydrogens (tertiary/aromatic N) is 1. The molecule has 1 unspecified atom stereocenters. The summed E-state index contributed by atoms with van der Waals surface area (Å²) in [6.07, 6.45) is 3.05. The maximum Gasteiger partial charge on any atom is 0.237 e. The molecule has 1 aliphatic carbocycles. The van der Waals surface area contributed by atoms with E-state index in [0.717, 1.165) is 6.54 Å². The number of likely N-dealkylation sites (N-methyl/N-ethyl adjacent to an activating group) is 1. The van der Waals surface area contributed by atoms with Crippen LogP contribution in [-0.2, 0) is 4.79 Å². The van der Waals surface area contributed by atoms with Crippen molar-refractivity contribution in [1.29, 1.82) is 0 Å². The molecule has 0 aromatic heterocycles. The van der Waals surface area contributed by atoms with Crippen LogP contribution in [0.5, 0.6) is 0 Å². The van der Waals surface area contributed by atoms with E-state index in [2.05, 4.69) is 10.2 Å². The van der Waals surface area contributed by atoms with E-state index in [4.69, 9.17) is 18.0 Å². The minimum atomic E-state index is -0.0817. The van der Waals surface area contributed by atoms with Gasteiger partial charge in [-0.2, -0.15) is 0 Å². The quantitative estimate of drug-likeness (QED) is 0.645. The first-order chi connectivity index (χ1) is 7.56. The monoisotopic (exact) mass is 243 g/mol. The summed E-state index contributed by atoms with van der Waals surface area (Å²) in [7, 11) is 0. The maximum absolute atomic E-state index is 11.7. The van der Waals surface area contributed by atoms with E-state index in [-0.39, 0.29) is 11.9 Å². The Labute approximate surface area is 103 Å². The molecule has 0 aromatic rings. The van der Waals surface area contributed by atoms with Crippen molar-refractivity contribution in [3.8, 4) is 0 Å². The Morgan fingerprint density at radius 2 is 2.25 bits per heavy atom. The largest absolute Gasteiger partial charge is 0.393 e. The molecule has 1 fully saturated rings. The van der Waals surface area contributed by atoms with Gasteiger partial charge in [-0.3, -0.25) is 9.69 Å². The topological polar surface area (TPSA) is 58.4 Å². The highest BCUT2D eigenvalue weighted by molar-refractivity contribution is 7.80. The molecule has 0 spiro atoms. The zero-order valence-electron chi connectivity index (χ0n) is 10.0. The van der Waals surface area contributed by atoms with Gasteiger partial charge in [-0.05, 0) is 26.7 Å². The van der Waals surface area contributed by atoms with Gasteiger partial charge in [-0.15, -0.1) is 0 Å². The molecule has 0 heterocycles. The van der Waals surface area contributed by atoms with Crippen molar-refractivity contribution in [2.75, 3.05) is 13.1 Å². The van der Waals surface area contributed by atoms with Gasteiger partial charge in [-0.25, -0.2) is 0 Å². The lowest BCUT2D eigenvalue weighted by atomic mass is 10.2. The Bertz CT molecular complexity index is 266. The molecule has 3 N–H and O–H groups in total. The molecular weight excluding hydrogens is 222 g/mol. The second-order valence-corrected chi connectivity index (χ2v) is 4.78. The smallest absolute Gasteiger partial charge is 0.237 e. The van der Waals surface area contributed by atoms with Crippen molar-refractivity contribution in [2.45, 2.75) is 45.2 Å². The zero-order chi connectivity index (χ0) is 12.1. The normalized spacial score (nSPS) is 17.2. The molecule has 0 aliphatic heterocycles. The minimum absolute atomic E-state index is 0.0817. The van der Waals surface area contributed by atoms with Gasteiger partial charge < -0.3 is 11.1 Å². The second-order valence-electron chi connectivity index (χ2n) is 4.26. The van der Waals surface area contributed by atoms with Gasteiger partial charge >= 0.3 is 0 Å². The summed E-state index contributed by atoms with van der Waals surface area (Å²) in [6, 6.07) is 0.466. The molecule has 92 valence electrons. The first-order valence-electron chi connectivity index (χ1n) is 5.88. The van der Waals surface area contributed by atoms with Crippen LogP contribution in [0.2, 0.25) is 0 Å². The first kappa shape index (κ1) is 13.4. The Hall–Kier alpha value is -0.680. The highest BCUT2D eigenvalue weighted by Crippen LogP contribution is 2.28. The SMILES string of the molecule is CCNC(=O)C(C)N(CCC(N)=S)C1CC1. The molecule has 1 saturated carbocycles. The third kappa shape index (κ3) is 4.06. The first-order valence-corrected chi connectivity index (χ1v) is 6.28. The number of rotatable bonds is 7. The van der Waals surface area contributed by atoms with Gasteiger partial charge in [0.2, 0.25) is 5.91 Å². The van der Waals surface area contributed by atoms with Crippen molar-refractivity contribution in [3.63, 3.8) is 0 Å². The third-order valence-corrected chi connectivity index (χ3v) is 3.06. The standard InChI is InChI=1S/C11H21N3OS/c1-3-13-11(15)8(2)14(9-4-5-9)7-6-10(12)16/h8-9H,3-7H2,1-2H3,(H2,12,16)(H,13,15). The Balaban J connectivity index is 2.48. The van der Waals surface area contributed by atoms with Crippen LogP contribution in [0.25, 0.3) is 0 Å². The van der Waals surface area contributed by atoms with Gasteiger partial charge in [0.1, 0.15) is 0 Å². The average molecular weight is 243 g/mol. The fraction of sp³-hybridized carbons (Fsp3) is 0.818. The molecule has 1 aliphatic rings. The molecule has 0 aromatic carbocycles. The van der Waals surface area contributed by atoms with Crippen LogP contribution >= 0.6 is 12.2 Å². The summed E-state index contributed by atoms with van der Waals surface area (Å²) >= 11 is 4.87. The van der Waals surface area contributed by atoms with Gasteiger partial charge in [0.05, 0.1) is 11.0 Å². The third-order valence-electron chi connectivity index (χ3n) is 2.86. The summed E-state index contributed by atoms with van der Waals surface area (Å²) in [6.45, 7) is 5.35. The van der Waals surface area contributed by atoms with E-state index in [0.29, 0.717) is 24.0 Å². The van der Waals surface area contributed by atoms with E-state index < -0.39 is 0 Å². The number of amides is 1. The second kappa shape index (κ2) is 6.15. The van der Waals surface area contributed by atoms with Crippen LogP contribution in [0.1, 0.15) is 33.1 Å². The number of hydrogen-bond donors (Lipinski definition) is 2. The van der Waals surface area contributed by atoms with Crippen molar-refractivity contribution in [1.82, 2.24) is 10.2 Å². The van der Waals surface area contributed by atoms with Crippen LogP contribution in [0.4, 0.5) is 0 Å². The molecular formula is C11H21N3OS. The maximum atomic E-state index is 11.7. The lowest BCUT2D eigenvalue weighted by Crippen LogP contribution is -2.47. The van der Waals surface area contributed by atoms with Gasteiger partial charge in [0, 0.05) is 25.6 Å². The lowest BCUT2D eigenvalue weighted by Gasteiger charge is -2.27. The average Bonchev–Trinajstić information content (AvgIpc) is 3.01. The molecule has 5 heteroatoms. The number of nitrogens with one attached hydrogen (secondary N) is 1. The molecule has 0 radical (unpaired) electrons. The molecule has 16 heavy (non-hydrogen) atoms. The van der Waals surface area contributed by atoms with E-state index in [9.17, 15) is 4.79 Å². The predicted molar refractivity (Wildman–Crippen MR) is 69.3 cm³/mol. The summed E-state index contributed by atoms with van der Waals surface area (Å²) < 4.78 is 0. The summed E-state index contributed by atoms with van der Waals surface area (Å²) in [5.74, 6) is 0.0948. The van der Waals surface area contributed by atoms with Crippen LogP contribution < -0.4 is 11.1 Å². The number of nitrogens with two attached hydrogens (primary N) is 1. The summed E-state index contributed by atoms with van der Waals surface area (Å²) in [4.78, 5) is 14.5. The summed E-state index contributed by atoms with van der Waals surface area (Å²) in [5.41, 5.74) is 5.50. The fourth-order valence-corrected chi connectivity index (χ4v) is 1.90. The van der Waals surface area contributed by atoms with E-state index in [1.165, 1.54) is 12.8 Å². The van der Waals surface area contributed by atoms with E-state index >= 15 is 0 Å².